The fourth-order valence-electron chi connectivity index (χ4n) is 2.85. The molecular formula is C14H20N4O2S. The van der Waals surface area contributed by atoms with E-state index >= 15 is 0 Å². The lowest BCUT2D eigenvalue weighted by Crippen LogP contribution is -2.25. The first-order valence-corrected chi connectivity index (χ1v) is 8.95. The Morgan fingerprint density at radius 3 is 2.43 bits per heavy atom. The van der Waals surface area contributed by atoms with Gasteiger partial charge in [0.05, 0.1) is 17.2 Å². The number of aryl methyl sites for hydroxylation is 1. The second-order valence-electron chi connectivity index (χ2n) is 5.71. The summed E-state index contributed by atoms with van der Waals surface area (Å²) in [6, 6.07) is 0.184. The number of nitrogens with zero attached hydrogens (tertiary/aromatic N) is 4. The van der Waals surface area contributed by atoms with Crippen LogP contribution in [0.4, 0.5) is 0 Å². The van der Waals surface area contributed by atoms with Gasteiger partial charge in [0.15, 0.2) is 11.6 Å². The van der Waals surface area contributed by atoms with Crippen LogP contribution in [0, 0.1) is 13.8 Å². The van der Waals surface area contributed by atoms with E-state index in [2.05, 4.69) is 14.5 Å². The van der Waals surface area contributed by atoms with Crippen molar-refractivity contribution in [1.29, 1.82) is 0 Å². The van der Waals surface area contributed by atoms with E-state index in [1.807, 2.05) is 31.7 Å². The molecule has 2 aromatic rings. The van der Waals surface area contributed by atoms with Gasteiger partial charge in [-0.3, -0.25) is 0 Å². The summed E-state index contributed by atoms with van der Waals surface area (Å²) in [6.45, 7) is 4.02. The van der Waals surface area contributed by atoms with Gasteiger partial charge in [-0.1, -0.05) is 0 Å². The van der Waals surface area contributed by atoms with Crippen LogP contribution in [0.2, 0.25) is 0 Å². The van der Waals surface area contributed by atoms with Gasteiger partial charge in [0.2, 0.25) is 0 Å². The zero-order chi connectivity index (χ0) is 15.2. The molecule has 0 saturated carbocycles. The summed E-state index contributed by atoms with van der Waals surface area (Å²) in [5, 5.41) is 0. The summed E-state index contributed by atoms with van der Waals surface area (Å²) in [7, 11) is -0.868. The number of hydrogen-bond donors (Lipinski definition) is 0. The topological polar surface area (TPSA) is 69.8 Å². The predicted molar refractivity (Wildman–Crippen MR) is 80.8 cm³/mol. The Balaban J connectivity index is 1.96. The fraction of sp³-hybridized carbons (Fsp3) is 0.571. The summed E-state index contributed by atoms with van der Waals surface area (Å²) in [5.74, 6) is 2.17. The molecule has 1 fully saturated rings. The summed E-state index contributed by atoms with van der Waals surface area (Å²) < 4.78 is 27.3. The molecule has 0 N–H and O–H groups in total. The van der Waals surface area contributed by atoms with Gasteiger partial charge in [0.1, 0.15) is 9.84 Å². The average Bonchev–Trinajstić information content (AvgIpc) is 3.00. The number of hydrogen-bond acceptors (Lipinski definition) is 4. The van der Waals surface area contributed by atoms with Gasteiger partial charge < -0.3 is 9.13 Å². The smallest absolute Gasteiger partial charge is 0.176 e. The van der Waals surface area contributed by atoms with Gasteiger partial charge in [-0.15, -0.1) is 0 Å². The van der Waals surface area contributed by atoms with E-state index < -0.39 is 9.84 Å². The van der Waals surface area contributed by atoms with Crippen molar-refractivity contribution < 1.29 is 8.42 Å². The molecule has 0 bridgehead atoms. The molecule has 0 aliphatic carbocycles. The molecule has 114 valence electrons. The van der Waals surface area contributed by atoms with Crippen molar-refractivity contribution in [2.45, 2.75) is 32.7 Å². The molecule has 0 amide bonds. The quantitative estimate of drug-likeness (QED) is 0.846. The van der Waals surface area contributed by atoms with Crippen molar-refractivity contribution >= 4 is 9.84 Å². The highest BCUT2D eigenvalue weighted by molar-refractivity contribution is 7.91. The van der Waals surface area contributed by atoms with E-state index in [9.17, 15) is 8.42 Å². The van der Waals surface area contributed by atoms with Gasteiger partial charge in [0, 0.05) is 31.2 Å². The third kappa shape index (κ3) is 2.50. The minimum atomic E-state index is -2.85. The van der Waals surface area contributed by atoms with Crippen LogP contribution in [0.25, 0.3) is 11.6 Å². The maximum atomic E-state index is 11.6. The zero-order valence-corrected chi connectivity index (χ0v) is 13.4. The van der Waals surface area contributed by atoms with Crippen molar-refractivity contribution in [2.75, 3.05) is 11.5 Å². The van der Waals surface area contributed by atoms with Crippen LogP contribution in [0.5, 0.6) is 0 Å². The van der Waals surface area contributed by atoms with Crippen LogP contribution in [0.15, 0.2) is 12.4 Å². The lowest BCUT2D eigenvalue weighted by atomic mass is 10.1. The van der Waals surface area contributed by atoms with Crippen LogP contribution in [-0.2, 0) is 16.9 Å². The van der Waals surface area contributed by atoms with E-state index in [1.165, 1.54) is 0 Å². The van der Waals surface area contributed by atoms with Crippen LogP contribution < -0.4 is 0 Å². The molecule has 3 heterocycles. The Morgan fingerprint density at radius 2 is 1.86 bits per heavy atom. The van der Waals surface area contributed by atoms with Crippen molar-refractivity contribution in [3.63, 3.8) is 0 Å². The van der Waals surface area contributed by atoms with E-state index in [0.717, 1.165) is 23.0 Å². The third-order valence-electron chi connectivity index (χ3n) is 4.40. The maximum absolute atomic E-state index is 11.6. The zero-order valence-electron chi connectivity index (χ0n) is 12.6. The molecule has 0 atom stereocenters. The molecule has 0 spiro atoms. The van der Waals surface area contributed by atoms with Crippen LogP contribution in [0.1, 0.15) is 30.3 Å². The third-order valence-corrected chi connectivity index (χ3v) is 6.12. The van der Waals surface area contributed by atoms with Crippen LogP contribution in [0.3, 0.4) is 0 Å². The largest absolute Gasteiger partial charge is 0.329 e. The Kier molecular flexibility index (Phi) is 3.39. The van der Waals surface area contributed by atoms with Gasteiger partial charge in [-0.2, -0.15) is 0 Å². The molecule has 1 aliphatic heterocycles. The van der Waals surface area contributed by atoms with Crippen molar-refractivity contribution in [3.8, 4) is 11.6 Å². The highest BCUT2D eigenvalue weighted by Gasteiger charge is 2.27. The van der Waals surface area contributed by atoms with Crippen molar-refractivity contribution in [2.24, 2.45) is 7.05 Å². The summed E-state index contributed by atoms with van der Waals surface area (Å²) in [5.41, 5.74) is 2.11. The van der Waals surface area contributed by atoms with Crippen LogP contribution >= 0.6 is 0 Å². The Labute approximate surface area is 124 Å². The van der Waals surface area contributed by atoms with E-state index in [1.54, 1.807) is 6.20 Å². The molecule has 0 radical (unpaired) electrons. The van der Waals surface area contributed by atoms with Gasteiger partial charge in [0.25, 0.3) is 0 Å². The predicted octanol–water partition coefficient (Wildman–Crippen LogP) is 1.65. The summed E-state index contributed by atoms with van der Waals surface area (Å²) in [6.07, 6.45) is 4.98. The highest BCUT2D eigenvalue weighted by atomic mass is 32.2. The molecular weight excluding hydrogens is 288 g/mol. The molecule has 7 heteroatoms. The van der Waals surface area contributed by atoms with Gasteiger partial charge >= 0.3 is 0 Å². The second-order valence-corrected chi connectivity index (χ2v) is 8.01. The minimum absolute atomic E-state index is 0.184. The minimum Gasteiger partial charge on any atom is -0.329 e. The molecule has 1 aliphatic rings. The average molecular weight is 308 g/mol. The van der Waals surface area contributed by atoms with E-state index in [0.29, 0.717) is 12.8 Å². The van der Waals surface area contributed by atoms with E-state index in [-0.39, 0.29) is 17.5 Å². The lowest BCUT2D eigenvalue weighted by Gasteiger charge is -2.24. The Bertz CT molecular complexity index is 759. The normalized spacial score (nSPS) is 19.0. The molecule has 21 heavy (non-hydrogen) atoms. The van der Waals surface area contributed by atoms with Gasteiger partial charge in [-0.25, -0.2) is 18.4 Å². The Hall–Kier alpha value is -1.63. The molecule has 3 rings (SSSR count). The summed E-state index contributed by atoms with van der Waals surface area (Å²) in [4.78, 5) is 9.04. The molecule has 0 aromatic carbocycles. The fourth-order valence-corrected chi connectivity index (χ4v) is 4.32. The number of imidazole rings is 2. The Morgan fingerprint density at radius 1 is 1.19 bits per heavy atom. The maximum Gasteiger partial charge on any atom is 0.176 e. The highest BCUT2D eigenvalue weighted by Crippen LogP contribution is 2.29. The SMILES string of the molecule is Cc1nc(-c2nccn2C2CCS(=O)(=O)CC2)n(C)c1C. The molecule has 6 nitrogen and oxygen atoms in total. The van der Waals surface area contributed by atoms with E-state index in [4.69, 9.17) is 0 Å². The second kappa shape index (κ2) is 4.98. The van der Waals surface area contributed by atoms with Crippen LogP contribution in [-0.4, -0.2) is 39.0 Å². The first-order valence-electron chi connectivity index (χ1n) is 7.12. The first kappa shape index (κ1) is 14.3. The molecule has 0 unspecified atom stereocenters. The van der Waals surface area contributed by atoms with Gasteiger partial charge in [-0.05, 0) is 26.7 Å². The molecule has 2 aromatic heterocycles. The number of rotatable bonds is 2. The standard InChI is InChI=1S/C14H20N4O2S/c1-10-11(2)17(3)14(16-10)13-15-6-7-18(13)12-4-8-21(19,20)9-5-12/h6-7,12H,4-5,8-9H2,1-3H3. The first-order chi connectivity index (χ1) is 9.89. The number of sulfone groups is 1. The van der Waals surface area contributed by atoms with Crippen molar-refractivity contribution in [3.05, 3.63) is 23.8 Å². The van der Waals surface area contributed by atoms with Crippen molar-refractivity contribution in [1.82, 2.24) is 19.1 Å². The number of aromatic nitrogens is 4. The molecule has 1 saturated heterocycles. The monoisotopic (exact) mass is 308 g/mol. The lowest BCUT2D eigenvalue weighted by molar-refractivity contribution is 0.452. The summed E-state index contributed by atoms with van der Waals surface area (Å²) >= 11 is 0.